The van der Waals surface area contributed by atoms with Crippen LogP contribution in [0.3, 0.4) is 0 Å². The highest BCUT2D eigenvalue weighted by Crippen LogP contribution is 2.23. The number of nitrogens with zero attached hydrogens (tertiary/aromatic N) is 1. The molecule has 6 nitrogen and oxygen atoms in total. The van der Waals surface area contributed by atoms with Gasteiger partial charge >= 0.3 is 0 Å². The molecule has 0 aromatic heterocycles. The van der Waals surface area contributed by atoms with Gasteiger partial charge < -0.3 is 15.5 Å². The Morgan fingerprint density at radius 1 is 1.16 bits per heavy atom. The molecule has 3 amide bonds. The lowest BCUT2D eigenvalue weighted by molar-refractivity contribution is -0.124. The number of hydrogen-bond donors (Lipinski definition) is 2. The molecular formula is C25H28FN3O3. The summed E-state index contributed by atoms with van der Waals surface area (Å²) in [4.78, 5) is 39.9. The normalized spacial score (nSPS) is 15.0. The second kappa shape index (κ2) is 10.7. The lowest BCUT2D eigenvalue weighted by Gasteiger charge is -2.36. The predicted octanol–water partition coefficient (Wildman–Crippen LogP) is 3.09. The first-order valence-corrected chi connectivity index (χ1v) is 10.7. The number of nitrogens with one attached hydrogen (secondary N) is 2. The van der Waals surface area contributed by atoms with Gasteiger partial charge in [-0.1, -0.05) is 35.9 Å². The minimum Gasteiger partial charge on any atom is -0.351 e. The number of likely N-dealkylation sites (tertiary alicyclic amines) is 1. The van der Waals surface area contributed by atoms with Gasteiger partial charge in [-0.3, -0.25) is 14.4 Å². The van der Waals surface area contributed by atoms with Gasteiger partial charge in [0.05, 0.1) is 5.56 Å². The molecule has 0 radical (unpaired) electrons. The van der Waals surface area contributed by atoms with Crippen molar-refractivity contribution in [3.05, 3.63) is 83.7 Å². The van der Waals surface area contributed by atoms with Gasteiger partial charge in [-0.2, -0.15) is 0 Å². The summed E-state index contributed by atoms with van der Waals surface area (Å²) in [5, 5.41) is 5.64. The average Bonchev–Trinajstić information content (AvgIpc) is 2.81. The minimum absolute atomic E-state index is 0.0407. The highest BCUT2D eigenvalue weighted by atomic mass is 19.1. The van der Waals surface area contributed by atoms with Gasteiger partial charge in [-0.05, 0) is 49.9 Å². The zero-order chi connectivity index (χ0) is 23.1. The zero-order valence-corrected chi connectivity index (χ0v) is 18.1. The maximum Gasteiger partial charge on any atom is 0.256 e. The van der Waals surface area contributed by atoms with Crippen molar-refractivity contribution in [1.29, 1.82) is 0 Å². The molecule has 168 valence electrons. The quantitative estimate of drug-likeness (QED) is 0.654. The largest absolute Gasteiger partial charge is 0.351 e. The number of carbonyl (C=O) groups is 3. The van der Waals surface area contributed by atoms with E-state index in [-0.39, 0.29) is 29.2 Å². The van der Waals surface area contributed by atoms with Gasteiger partial charge in [0.1, 0.15) is 11.9 Å². The Morgan fingerprint density at radius 3 is 2.53 bits per heavy atom. The van der Waals surface area contributed by atoms with E-state index in [1.807, 2.05) is 13.0 Å². The Hall–Kier alpha value is -3.48. The van der Waals surface area contributed by atoms with Crippen LogP contribution in [0.25, 0.3) is 0 Å². The molecule has 1 aliphatic heterocycles. The first-order chi connectivity index (χ1) is 15.4. The minimum atomic E-state index is -0.742. The summed E-state index contributed by atoms with van der Waals surface area (Å²) < 4.78 is 14.0. The third-order valence-corrected chi connectivity index (χ3v) is 5.67. The standard InChI is InChI=1S/C25H28FN3O3/c1-3-13-27-24(31)22(28-23(30)19-8-6-7-17(2)16-19)18-11-14-29(15-12-18)25(32)20-9-4-5-10-21(20)26/h3-10,16,18,22H,1,11-15H2,2H3,(H,27,31)(H,28,30)/t22-/m1/s1. The molecule has 0 spiro atoms. The highest BCUT2D eigenvalue weighted by Gasteiger charge is 2.34. The Morgan fingerprint density at radius 2 is 1.88 bits per heavy atom. The van der Waals surface area contributed by atoms with Crippen LogP contribution in [0.5, 0.6) is 0 Å². The SMILES string of the molecule is C=CCNC(=O)[C@H](NC(=O)c1cccc(C)c1)C1CCN(C(=O)c2ccccc2F)CC1. The molecule has 32 heavy (non-hydrogen) atoms. The highest BCUT2D eigenvalue weighted by molar-refractivity contribution is 5.98. The molecule has 2 aromatic carbocycles. The summed E-state index contributed by atoms with van der Waals surface area (Å²) in [6, 6.07) is 12.3. The van der Waals surface area contributed by atoms with Gasteiger partial charge in [-0.15, -0.1) is 6.58 Å². The van der Waals surface area contributed by atoms with Gasteiger partial charge in [0.15, 0.2) is 0 Å². The van der Waals surface area contributed by atoms with Crippen LogP contribution in [0.2, 0.25) is 0 Å². The van der Waals surface area contributed by atoms with Crippen LogP contribution in [0.4, 0.5) is 4.39 Å². The average molecular weight is 438 g/mol. The second-order valence-electron chi connectivity index (χ2n) is 7.96. The van der Waals surface area contributed by atoms with E-state index in [4.69, 9.17) is 0 Å². The Labute approximate surface area is 187 Å². The number of amides is 3. The van der Waals surface area contributed by atoms with E-state index < -0.39 is 11.9 Å². The smallest absolute Gasteiger partial charge is 0.256 e. The Balaban J connectivity index is 1.70. The lowest BCUT2D eigenvalue weighted by Crippen LogP contribution is -2.53. The van der Waals surface area contributed by atoms with Gasteiger partial charge in [0.2, 0.25) is 5.91 Å². The summed E-state index contributed by atoms with van der Waals surface area (Å²) in [6.45, 7) is 6.56. The molecule has 1 heterocycles. The molecule has 1 aliphatic rings. The van der Waals surface area contributed by atoms with Crippen molar-refractivity contribution >= 4 is 17.7 Å². The number of halogens is 1. The predicted molar refractivity (Wildman–Crippen MR) is 121 cm³/mol. The number of carbonyl (C=O) groups excluding carboxylic acids is 3. The molecule has 1 fully saturated rings. The third-order valence-electron chi connectivity index (χ3n) is 5.67. The van der Waals surface area contributed by atoms with Crippen LogP contribution in [-0.2, 0) is 4.79 Å². The molecule has 0 unspecified atom stereocenters. The molecule has 7 heteroatoms. The van der Waals surface area contributed by atoms with Crippen molar-refractivity contribution in [3.63, 3.8) is 0 Å². The summed E-state index contributed by atoms with van der Waals surface area (Å²) in [7, 11) is 0. The van der Waals surface area contributed by atoms with Crippen LogP contribution in [0.1, 0.15) is 39.1 Å². The molecule has 0 bridgehead atoms. The molecule has 1 atom stereocenters. The fourth-order valence-corrected chi connectivity index (χ4v) is 3.93. The van der Waals surface area contributed by atoms with Crippen LogP contribution in [0.15, 0.2) is 61.2 Å². The van der Waals surface area contributed by atoms with E-state index in [1.165, 1.54) is 12.1 Å². The zero-order valence-electron chi connectivity index (χ0n) is 18.1. The monoisotopic (exact) mass is 437 g/mol. The molecule has 2 aromatic rings. The number of rotatable bonds is 7. The number of hydrogen-bond acceptors (Lipinski definition) is 3. The van der Waals surface area contributed by atoms with E-state index in [0.717, 1.165) is 5.56 Å². The second-order valence-corrected chi connectivity index (χ2v) is 7.96. The van der Waals surface area contributed by atoms with E-state index in [2.05, 4.69) is 17.2 Å². The topological polar surface area (TPSA) is 78.5 Å². The summed E-state index contributed by atoms with van der Waals surface area (Å²) >= 11 is 0. The number of aryl methyl sites for hydroxylation is 1. The first kappa shape index (κ1) is 23.2. The van der Waals surface area contributed by atoms with E-state index in [9.17, 15) is 18.8 Å². The fraction of sp³-hybridized carbons (Fsp3) is 0.320. The molecule has 2 N–H and O–H groups in total. The fourth-order valence-electron chi connectivity index (χ4n) is 3.93. The van der Waals surface area contributed by atoms with E-state index in [1.54, 1.807) is 41.3 Å². The van der Waals surface area contributed by atoms with Gasteiger partial charge in [0.25, 0.3) is 11.8 Å². The maximum absolute atomic E-state index is 14.0. The van der Waals surface area contributed by atoms with Crippen LogP contribution >= 0.6 is 0 Å². The molecule has 3 rings (SSSR count). The number of piperidine rings is 1. The van der Waals surface area contributed by atoms with Crippen molar-refractivity contribution < 1.29 is 18.8 Å². The van der Waals surface area contributed by atoms with Gasteiger partial charge in [-0.25, -0.2) is 4.39 Å². The summed E-state index contributed by atoms with van der Waals surface area (Å²) in [5.74, 6) is -1.68. The van der Waals surface area contributed by atoms with Crippen molar-refractivity contribution in [2.24, 2.45) is 5.92 Å². The Bertz CT molecular complexity index is 999. The maximum atomic E-state index is 14.0. The Kier molecular flexibility index (Phi) is 7.76. The van der Waals surface area contributed by atoms with Crippen LogP contribution in [-0.4, -0.2) is 48.3 Å². The van der Waals surface area contributed by atoms with Gasteiger partial charge in [0, 0.05) is 25.2 Å². The third kappa shape index (κ3) is 5.60. The van der Waals surface area contributed by atoms with Crippen LogP contribution < -0.4 is 10.6 Å². The molecule has 0 aliphatic carbocycles. The lowest BCUT2D eigenvalue weighted by atomic mass is 9.88. The van der Waals surface area contributed by atoms with Crippen LogP contribution in [0, 0.1) is 18.7 Å². The molecule has 0 saturated carbocycles. The summed E-state index contributed by atoms with van der Waals surface area (Å²) in [5.41, 5.74) is 1.47. The van der Waals surface area contributed by atoms with E-state index in [0.29, 0.717) is 38.0 Å². The van der Waals surface area contributed by atoms with Crippen molar-refractivity contribution in [3.8, 4) is 0 Å². The number of benzene rings is 2. The molecule has 1 saturated heterocycles. The molecular weight excluding hydrogens is 409 g/mol. The van der Waals surface area contributed by atoms with E-state index >= 15 is 0 Å². The van der Waals surface area contributed by atoms with Crippen molar-refractivity contribution in [1.82, 2.24) is 15.5 Å². The first-order valence-electron chi connectivity index (χ1n) is 10.7. The summed E-state index contributed by atoms with van der Waals surface area (Å²) in [6.07, 6.45) is 2.61. The van der Waals surface area contributed by atoms with Crippen molar-refractivity contribution in [2.45, 2.75) is 25.8 Å². The van der Waals surface area contributed by atoms with Crippen molar-refractivity contribution in [2.75, 3.05) is 19.6 Å².